The topological polar surface area (TPSA) is 56.9 Å². The minimum atomic E-state index is -0.936. The van der Waals surface area contributed by atoms with E-state index in [2.05, 4.69) is 23.8 Å². The molecule has 1 aliphatic heterocycles. The number of carboxylic acid groups (broad SMARTS) is 1. The van der Waals surface area contributed by atoms with Crippen LogP contribution in [0.2, 0.25) is 0 Å². The van der Waals surface area contributed by atoms with Gasteiger partial charge in [0, 0.05) is 19.1 Å². The molecule has 1 atom stereocenters. The number of aromatic carboxylic acids is 1. The average Bonchev–Trinajstić information content (AvgIpc) is 2.70. The van der Waals surface area contributed by atoms with E-state index in [1.807, 2.05) is 0 Å². The maximum atomic E-state index is 10.8. The Bertz CT molecular complexity index is 416. The van der Waals surface area contributed by atoms with Crippen molar-refractivity contribution in [3.63, 3.8) is 0 Å². The summed E-state index contributed by atoms with van der Waals surface area (Å²) in [4.78, 5) is 15.5. The summed E-state index contributed by atoms with van der Waals surface area (Å²) in [6.07, 6.45) is 2.44. The fourth-order valence-corrected chi connectivity index (χ4v) is 2.43. The molecule has 5 heteroatoms. The lowest BCUT2D eigenvalue weighted by Gasteiger charge is -2.26. The molecule has 0 aromatic carbocycles. The molecule has 5 nitrogen and oxygen atoms in total. The van der Waals surface area contributed by atoms with E-state index in [0.29, 0.717) is 12.6 Å². The van der Waals surface area contributed by atoms with E-state index in [1.54, 1.807) is 6.07 Å². The highest BCUT2D eigenvalue weighted by Gasteiger charge is 2.21. The number of likely N-dealkylation sites (N-methyl/N-ethyl adjacent to an activating group) is 1. The van der Waals surface area contributed by atoms with Crippen molar-refractivity contribution in [2.75, 3.05) is 26.7 Å². The van der Waals surface area contributed by atoms with Crippen LogP contribution >= 0.6 is 0 Å². The van der Waals surface area contributed by atoms with Gasteiger partial charge in [-0.2, -0.15) is 0 Å². The van der Waals surface area contributed by atoms with Gasteiger partial charge in [0.05, 0.1) is 12.1 Å². The van der Waals surface area contributed by atoms with E-state index in [1.165, 1.54) is 6.26 Å². The Morgan fingerprint density at radius 2 is 2.33 bits per heavy atom. The Morgan fingerprint density at radius 3 is 3.00 bits per heavy atom. The van der Waals surface area contributed by atoms with Crippen LogP contribution in [-0.2, 0) is 6.54 Å². The summed E-state index contributed by atoms with van der Waals surface area (Å²) in [6, 6.07) is 2.07. The Hall–Kier alpha value is -1.33. The molecule has 100 valence electrons. The van der Waals surface area contributed by atoms with Gasteiger partial charge in [-0.15, -0.1) is 0 Å². The lowest BCUT2D eigenvalue weighted by atomic mass is 10.2. The van der Waals surface area contributed by atoms with Crippen molar-refractivity contribution in [2.45, 2.75) is 25.9 Å². The Morgan fingerprint density at radius 1 is 1.56 bits per heavy atom. The lowest BCUT2D eigenvalue weighted by Crippen LogP contribution is -2.37. The van der Waals surface area contributed by atoms with E-state index in [-0.39, 0.29) is 5.56 Å². The first kappa shape index (κ1) is 13.1. The number of rotatable bonds is 3. The van der Waals surface area contributed by atoms with Crippen LogP contribution in [0.5, 0.6) is 0 Å². The quantitative estimate of drug-likeness (QED) is 0.883. The van der Waals surface area contributed by atoms with Gasteiger partial charge < -0.3 is 14.4 Å². The second kappa shape index (κ2) is 5.54. The summed E-state index contributed by atoms with van der Waals surface area (Å²) in [7, 11) is 2.13. The van der Waals surface area contributed by atoms with Gasteiger partial charge in [-0.25, -0.2) is 4.79 Å². The molecule has 0 bridgehead atoms. The second-order valence-electron chi connectivity index (χ2n) is 5.04. The molecule has 1 fully saturated rings. The first-order valence-electron chi connectivity index (χ1n) is 6.29. The zero-order chi connectivity index (χ0) is 13.1. The number of hydrogen-bond acceptors (Lipinski definition) is 4. The summed E-state index contributed by atoms with van der Waals surface area (Å²) >= 11 is 0. The minimum Gasteiger partial charge on any atom is -0.478 e. The van der Waals surface area contributed by atoms with Crippen molar-refractivity contribution in [2.24, 2.45) is 0 Å². The third kappa shape index (κ3) is 3.11. The molecule has 0 spiro atoms. The van der Waals surface area contributed by atoms with E-state index in [4.69, 9.17) is 9.52 Å². The fraction of sp³-hybridized carbons (Fsp3) is 0.615. The first-order chi connectivity index (χ1) is 8.56. The average molecular weight is 252 g/mol. The molecule has 2 rings (SSSR count). The summed E-state index contributed by atoms with van der Waals surface area (Å²) in [6.45, 7) is 6.05. The zero-order valence-corrected chi connectivity index (χ0v) is 10.9. The molecular weight excluding hydrogens is 232 g/mol. The highest BCUT2D eigenvalue weighted by molar-refractivity contribution is 5.87. The standard InChI is InChI=1S/C13H20N2O3/c1-10-7-14(2)4-3-5-15(10)8-12-6-11(9-18-12)13(16)17/h6,9-10H,3-5,7-8H2,1-2H3,(H,16,17). The largest absolute Gasteiger partial charge is 0.478 e. The molecule has 2 heterocycles. The lowest BCUT2D eigenvalue weighted by molar-refractivity contribution is 0.0696. The summed E-state index contributed by atoms with van der Waals surface area (Å²) in [5.74, 6) is -0.211. The van der Waals surface area contributed by atoms with Gasteiger partial charge in [0.1, 0.15) is 12.0 Å². The van der Waals surface area contributed by atoms with Crippen LogP contribution in [0, 0.1) is 0 Å². The van der Waals surface area contributed by atoms with Gasteiger partial charge in [0.2, 0.25) is 0 Å². The predicted octanol–water partition coefficient (Wildman–Crippen LogP) is 1.50. The second-order valence-corrected chi connectivity index (χ2v) is 5.04. The van der Waals surface area contributed by atoms with E-state index >= 15 is 0 Å². The van der Waals surface area contributed by atoms with Gasteiger partial charge in [-0.05, 0) is 33.0 Å². The van der Waals surface area contributed by atoms with E-state index in [0.717, 1.165) is 31.8 Å². The Labute approximate surface area is 107 Å². The molecule has 0 saturated carbocycles. The molecule has 1 saturated heterocycles. The third-order valence-electron chi connectivity index (χ3n) is 3.44. The molecule has 1 aromatic heterocycles. The number of carbonyl (C=O) groups is 1. The van der Waals surface area contributed by atoms with Crippen LogP contribution in [0.15, 0.2) is 16.7 Å². The zero-order valence-electron chi connectivity index (χ0n) is 10.9. The van der Waals surface area contributed by atoms with Crippen molar-refractivity contribution in [1.82, 2.24) is 9.80 Å². The van der Waals surface area contributed by atoms with Crippen LogP contribution in [0.25, 0.3) is 0 Å². The predicted molar refractivity (Wildman–Crippen MR) is 67.7 cm³/mol. The van der Waals surface area contributed by atoms with Crippen molar-refractivity contribution < 1.29 is 14.3 Å². The number of nitrogens with zero attached hydrogens (tertiary/aromatic N) is 2. The molecule has 1 aliphatic rings. The molecule has 1 unspecified atom stereocenters. The normalized spacial score (nSPS) is 22.9. The third-order valence-corrected chi connectivity index (χ3v) is 3.44. The minimum absolute atomic E-state index is 0.226. The van der Waals surface area contributed by atoms with Crippen molar-refractivity contribution in [1.29, 1.82) is 0 Å². The SMILES string of the molecule is CC1CN(C)CCCN1Cc1cc(C(=O)O)co1. The highest BCUT2D eigenvalue weighted by Crippen LogP contribution is 2.15. The van der Waals surface area contributed by atoms with Crippen LogP contribution < -0.4 is 0 Å². The maximum absolute atomic E-state index is 10.8. The molecule has 1 N–H and O–H groups in total. The summed E-state index contributed by atoms with van der Waals surface area (Å²) in [5.41, 5.74) is 0.226. The molecule has 1 aromatic rings. The molecule has 0 radical (unpaired) electrons. The summed E-state index contributed by atoms with van der Waals surface area (Å²) in [5, 5.41) is 8.86. The molecule has 0 amide bonds. The fourth-order valence-electron chi connectivity index (χ4n) is 2.43. The first-order valence-corrected chi connectivity index (χ1v) is 6.29. The van der Waals surface area contributed by atoms with Gasteiger partial charge in [-0.3, -0.25) is 4.90 Å². The monoisotopic (exact) mass is 252 g/mol. The van der Waals surface area contributed by atoms with Crippen molar-refractivity contribution >= 4 is 5.97 Å². The number of hydrogen-bond donors (Lipinski definition) is 1. The Balaban J connectivity index is 2.00. The van der Waals surface area contributed by atoms with Crippen molar-refractivity contribution in [3.8, 4) is 0 Å². The van der Waals surface area contributed by atoms with Crippen molar-refractivity contribution in [3.05, 3.63) is 23.7 Å². The van der Waals surface area contributed by atoms with Crippen LogP contribution in [-0.4, -0.2) is 53.6 Å². The molecule has 0 aliphatic carbocycles. The maximum Gasteiger partial charge on any atom is 0.338 e. The smallest absolute Gasteiger partial charge is 0.338 e. The van der Waals surface area contributed by atoms with Crippen LogP contribution in [0.1, 0.15) is 29.5 Å². The van der Waals surface area contributed by atoms with Gasteiger partial charge in [0.15, 0.2) is 0 Å². The Kier molecular flexibility index (Phi) is 4.04. The molecule has 18 heavy (non-hydrogen) atoms. The number of carboxylic acids is 1. The molecular formula is C13H20N2O3. The highest BCUT2D eigenvalue weighted by atomic mass is 16.4. The summed E-state index contributed by atoms with van der Waals surface area (Å²) < 4.78 is 5.31. The van der Waals surface area contributed by atoms with Gasteiger partial charge in [0.25, 0.3) is 0 Å². The van der Waals surface area contributed by atoms with Crippen LogP contribution in [0.4, 0.5) is 0 Å². The van der Waals surface area contributed by atoms with E-state index in [9.17, 15) is 4.79 Å². The number of furan rings is 1. The van der Waals surface area contributed by atoms with Crippen LogP contribution in [0.3, 0.4) is 0 Å². The van der Waals surface area contributed by atoms with Gasteiger partial charge in [-0.1, -0.05) is 0 Å². The van der Waals surface area contributed by atoms with E-state index < -0.39 is 5.97 Å². The van der Waals surface area contributed by atoms with Gasteiger partial charge >= 0.3 is 5.97 Å².